The lowest BCUT2D eigenvalue weighted by Gasteiger charge is -2.31. The lowest BCUT2D eigenvalue weighted by Crippen LogP contribution is -2.51. The van der Waals surface area contributed by atoms with Crippen LogP contribution in [0.15, 0.2) is 24.4 Å². The Morgan fingerprint density at radius 1 is 1.38 bits per heavy atom. The third-order valence-corrected chi connectivity index (χ3v) is 4.55. The molecular weight excluding hydrogens is 308 g/mol. The number of H-pyrrole nitrogens is 1. The van der Waals surface area contributed by atoms with E-state index >= 15 is 0 Å². The van der Waals surface area contributed by atoms with Gasteiger partial charge in [0.25, 0.3) is 5.91 Å². The van der Waals surface area contributed by atoms with Crippen LogP contribution in [-0.4, -0.2) is 46.4 Å². The summed E-state index contributed by atoms with van der Waals surface area (Å²) in [7, 11) is 0. The second kappa shape index (κ2) is 6.60. The fourth-order valence-corrected chi connectivity index (χ4v) is 3.31. The van der Waals surface area contributed by atoms with Crippen molar-refractivity contribution in [2.45, 2.75) is 37.8 Å². The second-order valence-corrected chi connectivity index (χ2v) is 6.15. The number of amides is 1. The van der Waals surface area contributed by atoms with Crippen molar-refractivity contribution in [1.29, 1.82) is 0 Å². The van der Waals surface area contributed by atoms with Gasteiger partial charge < -0.3 is 14.8 Å². The monoisotopic (exact) mass is 328 g/mol. The Morgan fingerprint density at radius 2 is 2.33 bits per heavy atom. The lowest BCUT2D eigenvalue weighted by molar-refractivity contribution is -0.0153. The van der Waals surface area contributed by atoms with Crippen LogP contribution in [0.1, 0.15) is 34.6 Å². The zero-order chi connectivity index (χ0) is 16.4. The quantitative estimate of drug-likeness (QED) is 0.882. The molecule has 1 aliphatic heterocycles. The molecule has 0 saturated carbocycles. The van der Waals surface area contributed by atoms with E-state index in [1.807, 2.05) is 12.1 Å². The number of carbonyl (C=O) groups is 1. The number of ether oxygens (including phenoxy) is 2. The van der Waals surface area contributed by atoms with E-state index in [1.165, 1.54) is 0 Å². The molecule has 4 rings (SSSR count). The van der Waals surface area contributed by atoms with E-state index in [9.17, 15) is 4.79 Å². The second-order valence-electron chi connectivity index (χ2n) is 6.15. The van der Waals surface area contributed by atoms with Crippen LogP contribution >= 0.6 is 0 Å². The molecule has 24 heavy (non-hydrogen) atoms. The molecule has 0 radical (unpaired) electrons. The van der Waals surface area contributed by atoms with Gasteiger partial charge in [0.05, 0.1) is 12.6 Å². The maximum absolute atomic E-state index is 12.6. The average molecular weight is 328 g/mol. The Bertz CT molecular complexity index is 716. The SMILES string of the molecule is O=C(N[C@@H]1CCOC[C@H]1Oc1ccccn1)c1n[nH]c2c1CCC2. The summed E-state index contributed by atoms with van der Waals surface area (Å²) in [5, 5.41) is 10.2. The number of aryl methyl sites for hydroxylation is 1. The normalized spacial score (nSPS) is 22.8. The molecular formula is C17H20N4O3. The van der Waals surface area contributed by atoms with Crippen LogP contribution in [0.25, 0.3) is 0 Å². The van der Waals surface area contributed by atoms with Crippen LogP contribution in [0.5, 0.6) is 5.88 Å². The number of hydrogen-bond acceptors (Lipinski definition) is 5. The van der Waals surface area contributed by atoms with Gasteiger partial charge >= 0.3 is 0 Å². The number of pyridine rings is 1. The van der Waals surface area contributed by atoms with E-state index in [1.54, 1.807) is 12.3 Å². The largest absolute Gasteiger partial charge is 0.470 e. The number of rotatable bonds is 4. The van der Waals surface area contributed by atoms with Gasteiger partial charge in [0.15, 0.2) is 5.69 Å². The Morgan fingerprint density at radius 3 is 3.21 bits per heavy atom. The summed E-state index contributed by atoms with van der Waals surface area (Å²) in [5.41, 5.74) is 2.67. The minimum absolute atomic E-state index is 0.123. The lowest BCUT2D eigenvalue weighted by atomic mass is 10.1. The van der Waals surface area contributed by atoms with Crippen LogP contribution in [0.4, 0.5) is 0 Å². The van der Waals surface area contributed by atoms with Gasteiger partial charge in [-0.2, -0.15) is 5.10 Å². The summed E-state index contributed by atoms with van der Waals surface area (Å²) < 4.78 is 11.4. The zero-order valence-corrected chi connectivity index (χ0v) is 13.3. The van der Waals surface area contributed by atoms with Gasteiger partial charge in [-0.05, 0) is 31.7 Å². The Kier molecular flexibility index (Phi) is 4.17. The van der Waals surface area contributed by atoms with E-state index in [0.29, 0.717) is 31.2 Å². The first-order valence-corrected chi connectivity index (χ1v) is 8.33. The summed E-state index contributed by atoms with van der Waals surface area (Å²) in [6, 6.07) is 5.38. The predicted molar refractivity (Wildman–Crippen MR) is 86.0 cm³/mol. The van der Waals surface area contributed by atoms with Crippen LogP contribution in [-0.2, 0) is 17.6 Å². The van der Waals surface area contributed by atoms with E-state index in [0.717, 1.165) is 30.5 Å². The molecule has 2 atom stereocenters. The first-order chi connectivity index (χ1) is 11.8. The predicted octanol–water partition coefficient (Wildman–Crippen LogP) is 1.26. The number of nitrogens with zero attached hydrogens (tertiary/aromatic N) is 2. The van der Waals surface area contributed by atoms with Crippen molar-refractivity contribution in [2.24, 2.45) is 0 Å². The maximum Gasteiger partial charge on any atom is 0.272 e. The van der Waals surface area contributed by atoms with Crippen molar-refractivity contribution in [3.63, 3.8) is 0 Å². The van der Waals surface area contributed by atoms with Gasteiger partial charge in [-0.25, -0.2) is 4.98 Å². The van der Waals surface area contributed by atoms with Crippen LogP contribution < -0.4 is 10.1 Å². The van der Waals surface area contributed by atoms with Gasteiger partial charge in [0, 0.05) is 30.1 Å². The fourth-order valence-electron chi connectivity index (χ4n) is 3.31. The third kappa shape index (κ3) is 2.99. The third-order valence-electron chi connectivity index (χ3n) is 4.55. The summed E-state index contributed by atoms with van der Waals surface area (Å²) in [4.78, 5) is 16.8. The number of aromatic amines is 1. The fraction of sp³-hybridized carbons (Fsp3) is 0.471. The molecule has 2 aliphatic rings. The number of carbonyl (C=O) groups excluding carboxylic acids is 1. The molecule has 0 aromatic carbocycles. The first-order valence-electron chi connectivity index (χ1n) is 8.33. The molecule has 1 aliphatic carbocycles. The van der Waals surface area contributed by atoms with Crippen molar-refractivity contribution in [2.75, 3.05) is 13.2 Å². The summed E-state index contributed by atoms with van der Waals surface area (Å²) in [6.45, 7) is 1.03. The average Bonchev–Trinajstić information content (AvgIpc) is 3.21. The number of fused-ring (bicyclic) bond motifs is 1. The molecule has 1 saturated heterocycles. The van der Waals surface area contributed by atoms with Gasteiger partial charge in [-0.1, -0.05) is 6.07 Å². The molecule has 2 aromatic rings. The molecule has 0 unspecified atom stereocenters. The molecule has 7 heteroatoms. The van der Waals surface area contributed by atoms with E-state index in [4.69, 9.17) is 9.47 Å². The highest BCUT2D eigenvalue weighted by atomic mass is 16.5. The highest BCUT2D eigenvalue weighted by Crippen LogP contribution is 2.23. The molecule has 0 bridgehead atoms. The van der Waals surface area contributed by atoms with E-state index < -0.39 is 0 Å². The molecule has 7 nitrogen and oxygen atoms in total. The number of hydrogen-bond donors (Lipinski definition) is 2. The van der Waals surface area contributed by atoms with E-state index in [2.05, 4.69) is 20.5 Å². The Labute approximate surface area is 139 Å². The molecule has 1 amide bonds. The Balaban J connectivity index is 1.46. The van der Waals surface area contributed by atoms with Gasteiger partial charge in [0.1, 0.15) is 6.10 Å². The highest BCUT2D eigenvalue weighted by Gasteiger charge is 2.31. The van der Waals surface area contributed by atoms with Crippen molar-refractivity contribution in [1.82, 2.24) is 20.5 Å². The Hall–Kier alpha value is -2.41. The van der Waals surface area contributed by atoms with Gasteiger partial charge in [0.2, 0.25) is 5.88 Å². The van der Waals surface area contributed by atoms with Crippen LogP contribution in [0.2, 0.25) is 0 Å². The van der Waals surface area contributed by atoms with Crippen molar-refractivity contribution >= 4 is 5.91 Å². The summed E-state index contributed by atoms with van der Waals surface area (Å²) in [6.07, 6.45) is 5.08. The van der Waals surface area contributed by atoms with Gasteiger partial charge in [-0.3, -0.25) is 9.89 Å². The molecule has 2 N–H and O–H groups in total. The van der Waals surface area contributed by atoms with Crippen molar-refractivity contribution in [3.8, 4) is 5.88 Å². The summed E-state index contributed by atoms with van der Waals surface area (Å²) in [5.74, 6) is 0.392. The zero-order valence-electron chi connectivity index (χ0n) is 13.3. The summed E-state index contributed by atoms with van der Waals surface area (Å²) >= 11 is 0. The molecule has 1 fully saturated rings. The number of aromatic nitrogens is 3. The topological polar surface area (TPSA) is 89.1 Å². The highest BCUT2D eigenvalue weighted by molar-refractivity contribution is 5.94. The van der Waals surface area contributed by atoms with Crippen LogP contribution in [0.3, 0.4) is 0 Å². The van der Waals surface area contributed by atoms with Gasteiger partial charge in [-0.15, -0.1) is 0 Å². The van der Waals surface area contributed by atoms with Crippen molar-refractivity contribution < 1.29 is 14.3 Å². The smallest absolute Gasteiger partial charge is 0.272 e. The molecule has 3 heterocycles. The minimum atomic E-state index is -0.260. The molecule has 126 valence electrons. The first kappa shape index (κ1) is 15.1. The maximum atomic E-state index is 12.6. The van der Waals surface area contributed by atoms with E-state index in [-0.39, 0.29) is 18.1 Å². The van der Waals surface area contributed by atoms with Crippen LogP contribution in [0, 0.1) is 0 Å². The molecule has 0 spiro atoms. The standard InChI is InChI=1S/C17H20N4O3/c22-17(16-11-4-3-5-12(11)20-21-16)19-13-7-9-23-10-14(13)24-15-6-1-2-8-18-15/h1-2,6,8,13-14H,3-5,7,9-10H2,(H,19,22)(H,20,21)/t13-,14-/m1/s1. The van der Waals surface area contributed by atoms with Crippen molar-refractivity contribution in [3.05, 3.63) is 41.3 Å². The number of nitrogens with one attached hydrogen (secondary N) is 2. The molecule has 2 aromatic heterocycles. The minimum Gasteiger partial charge on any atom is -0.470 e.